The molecule has 2 aromatic carbocycles. The first-order chi connectivity index (χ1) is 18.1. The first kappa shape index (κ1) is 30.3. The maximum atomic E-state index is 13.2. The molecule has 39 heavy (non-hydrogen) atoms. The topological polar surface area (TPSA) is 157 Å². The lowest BCUT2D eigenvalue weighted by Crippen LogP contribution is -2.12. The highest BCUT2D eigenvalue weighted by atomic mass is 32.2. The lowest BCUT2D eigenvalue weighted by Gasteiger charge is -2.08. The van der Waals surface area contributed by atoms with E-state index in [1.807, 2.05) is 13.0 Å². The van der Waals surface area contributed by atoms with E-state index >= 15 is 0 Å². The second-order valence-electron chi connectivity index (χ2n) is 8.96. The van der Waals surface area contributed by atoms with Crippen LogP contribution in [0, 0.1) is 6.92 Å². The first-order valence-corrected chi connectivity index (χ1v) is 16.2. The number of hydrogen-bond acceptors (Lipinski definition) is 9. The lowest BCUT2D eigenvalue weighted by atomic mass is 10.0. The van der Waals surface area contributed by atoms with E-state index in [0.29, 0.717) is 40.2 Å². The fourth-order valence-corrected chi connectivity index (χ4v) is 6.20. The van der Waals surface area contributed by atoms with Gasteiger partial charge >= 0.3 is 0 Å². The maximum Gasteiger partial charge on any atom is 0.267 e. The van der Waals surface area contributed by atoms with Crippen molar-refractivity contribution in [3.05, 3.63) is 69.6 Å². The smallest absolute Gasteiger partial charge is 0.267 e. The number of amides is 1. The van der Waals surface area contributed by atoms with Crippen LogP contribution in [0.1, 0.15) is 43.6 Å². The number of pyridine rings is 1. The fraction of sp³-hybridized carbons (Fsp3) is 0.269. The van der Waals surface area contributed by atoms with E-state index in [2.05, 4.69) is 10.3 Å². The SMILES string of the molecule is COCc1ccc(C(C)=O)c2sc(C(=O)Nc3ccc4c(CS(C)(=O)=O)cccc4n3)c(C)c12.CS(=O)(=O)O. The summed E-state index contributed by atoms with van der Waals surface area (Å²) >= 11 is 1.28. The lowest BCUT2D eigenvalue weighted by molar-refractivity contribution is 0.101. The number of carbonyl (C=O) groups is 2. The van der Waals surface area contributed by atoms with Gasteiger partial charge in [-0.25, -0.2) is 13.4 Å². The van der Waals surface area contributed by atoms with Crippen molar-refractivity contribution in [3.63, 3.8) is 0 Å². The number of rotatable bonds is 7. The Hall–Kier alpha value is -3.23. The summed E-state index contributed by atoms with van der Waals surface area (Å²) in [4.78, 5) is 30.4. The van der Waals surface area contributed by atoms with Gasteiger partial charge in [0.1, 0.15) is 5.82 Å². The molecule has 0 atom stereocenters. The maximum absolute atomic E-state index is 13.2. The number of carbonyl (C=O) groups excluding carboxylic acids is 2. The summed E-state index contributed by atoms with van der Waals surface area (Å²) in [6.45, 7) is 3.74. The number of anilines is 1. The van der Waals surface area contributed by atoms with Crippen molar-refractivity contribution in [1.29, 1.82) is 0 Å². The fourth-order valence-electron chi connectivity index (χ4n) is 4.07. The van der Waals surface area contributed by atoms with Crippen LogP contribution in [0.4, 0.5) is 5.82 Å². The van der Waals surface area contributed by atoms with Crippen LogP contribution in [0.15, 0.2) is 42.5 Å². The van der Waals surface area contributed by atoms with Crippen LogP contribution in [0.25, 0.3) is 21.0 Å². The zero-order valence-corrected chi connectivity index (χ0v) is 24.4. The predicted octanol–water partition coefficient (Wildman–Crippen LogP) is 4.41. The third-order valence-corrected chi connectivity index (χ3v) is 7.69. The number of sulfone groups is 1. The quantitative estimate of drug-likeness (QED) is 0.234. The highest BCUT2D eigenvalue weighted by molar-refractivity contribution is 7.89. The van der Waals surface area contributed by atoms with Crippen molar-refractivity contribution in [2.24, 2.45) is 0 Å². The molecule has 4 rings (SSSR count). The van der Waals surface area contributed by atoms with Crippen molar-refractivity contribution >= 4 is 69.8 Å². The second-order valence-corrected chi connectivity index (χ2v) is 13.6. The molecule has 10 nitrogen and oxygen atoms in total. The van der Waals surface area contributed by atoms with E-state index in [4.69, 9.17) is 9.29 Å². The average molecular weight is 593 g/mol. The highest BCUT2D eigenvalue weighted by Gasteiger charge is 2.21. The molecule has 0 unspecified atom stereocenters. The number of Topliss-reactive ketones (excluding diaryl/α,β-unsaturated/α-hetero) is 1. The number of benzene rings is 2. The monoisotopic (exact) mass is 592 g/mol. The average Bonchev–Trinajstić information content (AvgIpc) is 3.15. The van der Waals surface area contributed by atoms with Crippen molar-refractivity contribution in [3.8, 4) is 0 Å². The van der Waals surface area contributed by atoms with Crippen molar-refractivity contribution in [1.82, 2.24) is 4.98 Å². The molecule has 0 saturated carbocycles. The van der Waals surface area contributed by atoms with E-state index in [0.717, 1.165) is 26.6 Å². The Balaban J connectivity index is 0.000000771. The molecular weight excluding hydrogens is 564 g/mol. The van der Waals surface area contributed by atoms with Crippen LogP contribution < -0.4 is 5.32 Å². The second kappa shape index (κ2) is 11.9. The first-order valence-electron chi connectivity index (χ1n) is 11.4. The number of ketones is 1. The molecule has 208 valence electrons. The number of aromatic nitrogens is 1. The third kappa shape index (κ3) is 7.90. The summed E-state index contributed by atoms with van der Waals surface area (Å²) in [5.41, 5.74) is 3.52. The van der Waals surface area contributed by atoms with E-state index < -0.39 is 20.0 Å². The van der Waals surface area contributed by atoms with Gasteiger partial charge in [0.05, 0.1) is 29.0 Å². The molecule has 0 radical (unpaired) electrons. The van der Waals surface area contributed by atoms with Gasteiger partial charge in [0.2, 0.25) is 0 Å². The number of methoxy groups -OCH3 is 1. The summed E-state index contributed by atoms with van der Waals surface area (Å²) < 4.78 is 55.4. The summed E-state index contributed by atoms with van der Waals surface area (Å²) in [7, 11) is -5.26. The molecule has 2 aromatic heterocycles. The molecule has 4 aromatic rings. The van der Waals surface area contributed by atoms with Crippen LogP contribution in [0.5, 0.6) is 0 Å². The number of ether oxygens (including phenoxy) is 1. The number of nitrogens with zero attached hydrogens (tertiary/aromatic N) is 1. The molecule has 1 amide bonds. The zero-order chi connectivity index (χ0) is 29.1. The molecule has 0 aliphatic heterocycles. The molecule has 0 aliphatic carbocycles. The van der Waals surface area contributed by atoms with E-state index in [1.165, 1.54) is 24.5 Å². The minimum absolute atomic E-state index is 0.0664. The van der Waals surface area contributed by atoms with Gasteiger partial charge in [-0.05, 0) is 54.8 Å². The Morgan fingerprint density at radius 2 is 1.69 bits per heavy atom. The van der Waals surface area contributed by atoms with Gasteiger partial charge in [0.15, 0.2) is 15.6 Å². The van der Waals surface area contributed by atoms with Crippen LogP contribution in [-0.2, 0) is 37.1 Å². The normalized spacial score (nSPS) is 11.7. The number of aryl methyl sites for hydroxylation is 1. The molecule has 0 fully saturated rings. The number of nitrogens with one attached hydrogen (secondary N) is 1. The Bertz CT molecular complexity index is 1790. The van der Waals surface area contributed by atoms with Gasteiger partial charge in [-0.3, -0.25) is 14.1 Å². The summed E-state index contributed by atoms with van der Waals surface area (Å²) in [5.74, 6) is -0.116. The molecule has 0 spiro atoms. The Morgan fingerprint density at radius 3 is 2.28 bits per heavy atom. The van der Waals surface area contributed by atoms with Crippen LogP contribution in [0.3, 0.4) is 0 Å². The van der Waals surface area contributed by atoms with E-state index in [-0.39, 0.29) is 17.4 Å². The summed E-state index contributed by atoms with van der Waals surface area (Å²) in [6.07, 6.45) is 1.91. The van der Waals surface area contributed by atoms with Gasteiger partial charge in [-0.2, -0.15) is 8.42 Å². The molecule has 0 aliphatic rings. The molecule has 2 N–H and O–H groups in total. The van der Waals surface area contributed by atoms with Gasteiger partial charge < -0.3 is 10.1 Å². The minimum atomic E-state index is -3.67. The van der Waals surface area contributed by atoms with Crippen molar-refractivity contribution in [2.45, 2.75) is 26.2 Å². The third-order valence-electron chi connectivity index (χ3n) is 5.53. The largest absolute Gasteiger partial charge is 0.380 e. The van der Waals surface area contributed by atoms with Crippen LogP contribution in [-0.4, -0.2) is 57.7 Å². The van der Waals surface area contributed by atoms with E-state index in [1.54, 1.807) is 43.5 Å². The van der Waals surface area contributed by atoms with Gasteiger partial charge in [0, 0.05) is 34.4 Å². The molecule has 2 heterocycles. The standard InChI is InChI=1S/C25H24N2O5S2.CH4O3S/c1-14-22-16(12-32-3)8-9-18(15(2)28)24(22)33-23(14)25(29)27-21-11-10-19-17(13-34(4,30)31)6-5-7-20(19)26-21;1-5(2,3)4/h5-11H,12-13H2,1-4H3,(H,26,27,29);1H3,(H,2,3,4). The van der Waals surface area contributed by atoms with Gasteiger partial charge in [-0.1, -0.05) is 18.2 Å². The van der Waals surface area contributed by atoms with Crippen molar-refractivity contribution in [2.75, 3.05) is 24.9 Å². The summed E-state index contributed by atoms with van der Waals surface area (Å²) in [6, 6.07) is 12.3. The molecule has 13 heteroatoms. The zero-order valence-electron chi connectivity index (χ0n) is 21.9. The van der Waals surface area contributed by atoms with Gasteiger partial charge in [-0.15, -0.1) is 11.3 Å². The number of hydrogen-bond donors (Lipinski definition) is 2. The molecular formula is C26H28N2O8S3. The number of thiophene rings is 1. The van der Waals surface area contributed by atoms with Crippen LogP contribution in [0.2, 0.25) is 0 Å². The Morgan fingerprint density at radius 1 is 1.03 bits per heavy atom. The summed E-state index contributed by atoms with van der Waals surface area (Å²) in [5, 5.41) is 4.43. The molecule has 0 saturated heterocycles. The Labute approximate surface area is 230 Å². The highest BCUT2D eigenvalue weighted by Crippen LogP contribution is 2.37. The van der Waals surface area contributed by atoms with Crippen molar-refractivity contribution < 1.29 is 35.7 Å². The van der Waals surface area contributed by atoms with Crippen LogP contribution >= 0.6 is 11.3 Å². The molecule has 0 bridgehead atoms. The van der Waals surface area contributed by atoms with E-state index in [9.17, 15) is 26.4 Å². The number of fused-ring (bicyclic) bond motifs is 2. The van der Waals surface area contributed by atoms with Gasteiger partial charge in [0.25, 0.3) is 16.0 Å². The Kier molecular flexibility index (Phi) is 9.23. The predicted molar refractivity (Wildman–Crippen MR) is 153 cm³/mol. The minimum Gasteiger partial charge on any atom is -0.380 e.